The van der Waals surface area contributed by atoms with Crippen molar-refractivity contribution >= 4 is 11.8 Å². The summed E-state index contributed by atoms with van der Waals surface area (Å²) in [6.45, 7) is 2.16. The average Bonchev–Trinajstić information content (AvgIpc) is 2.39. The Bertz CT molecular complexity index is 537. The lowest BCUT2D eigenvalue weighted by molar-refractivity contribution is 0.780. The van der Waals surface area contributed by atoms with E-state index in [1.165, 1.54) is 5.56 Å². The number of nitrogens with two attached hydrogens (primary N) is 2. The first kappa shape index (κ1) is 13.3. The van der Waals surface area contributed by atoms with Crippen molar-refractivity contribution in [2.75, 3.05) is 11.5 Å². The minimum atomic E-state index is 0.253. The van der Waals surface area contributed by atoms with Crippen LogP contribution in [0.3, 0.4) is 0 Å². The second-order valence-corrected chi connectivity index (χ2v) is 4.66. The van der Waals surface area contributed by atoms with Crippen LogP contribution in [0.15, 0.2) is 30.3 Å². The molecule has 100 valence electrons. The van der Waals surface area contributed by atoms with Gasteiger partial charge in [0.2, 0.25) is 5.95 Å². The highest BCUT2D eigenvalue weighted by molar-refractivity contribution is 5.47. The summed E-state index contributed by atoms with van der Waals surface area (Å²) in [7, 11) is 0. The maximum absolute atomic E-state index is 5.99. The molecule has 1 heterocycles. The Morgan fingerprint density at radius 3 is 2.47 bits per heavy atom. The predicted molar refractivity (Wildman–Crippen MR) is 78.7 cm³/mol. The van der Waals surface area contributed by atoms with E-state index in [1.54, 1.807) is 0 Å². The van der Waals surface area contributed by atoms with Crippen molar-refractivity contribution in [1.29, 1.82) is 0 Å². The monoisotopic (exact) mass is 256 g/mol. The van der Waals surface area contributed by atoms with Gasteiger partial charge in [0.15, 0.2) is 0 Å². The molecule has 0 saturated carbocycles. The molecule has 1 aromatic carbocycles. The highest BCUT2D eigenvalue weighted by Crippen LogP contribution is 2.20. The summed E-state index contributed by atoms with van der Waals surface area (Å²) in [6, 6.07) is 10.2. The van der Waals surface area contributed by atoms with E-state index in [9.17, 15) is 0 Å². The number of unbranched alkanes of at least 4 members (excludes halogenated alkanes) is 1. The van der Waals surface area contributed by atoms with Crippen LogP contribution in [-0.4, -0.2) is 9.97 Å². The number of nitrogen functional groups attached to an aromatic ring is 2. The van der Waals surface area contributed by atoms with E-state index in [1.807, 2.05) is 18.2 Å². The molecule has 0 aliphatic carbocycles. The van der Waals surface area contributed by atoms with Gasteiger partial charge in [0.25, 0.3) is 0 Å². The molecule has 0 fully saturated rings. The van der Waals surface area contributed by atoms with E-state index in [-0.39, 0.29) is 5.95 Å². The number of hydrogen-bond donors (Lipinski definition) is 2. The molecule has 4 nitrogen and oxygen atoms in total. The molecule has 0 aliphatic heterocycles. The summed E-state index contributed by atoms with van der Waals surface area (Å²) in [5, 5.41) is 0. The minimum absolute atomic E-state index is 0.253. The molecule has 0 unspecified atom stereocenters. The summed E-state index contributed by atoms with van der Waals surface area (Å²) in [4.78, 5) is 8.44. The Morgan fingerprint density at radius 2 is 1.79 bits per heavy atom. The fourth-order valence-electron chi connectivity index (χ4n) is 2.13. The smallest absolute Gasteiger partial charge is 0.222 e. The van der Waals surface area contributed by atoms with Gasteiger partial charge in [-0.25, -0.2) is 4.98 Å². The topological polar surface area (TPSA) is 77.8 Å². The Labute approximate surface area is 113 Å². The molecule has 0 aliphatic rings. The highest BCUT2D eigenvalue weighted by Gasteiger charge is 2.11. The van der Waals surface area contributed by atoms with E-state index in [2.05, 4.69) is 29.0 Å². The van der Waals surface area contributed by atoms with E-state index in [0.29, 0.717) is 5.82 Å². The average molecular weight is 256 g/mol. The Morgan fingerprint density at radius 1 is 1.05 bits per heavy atom. The molecule has 0 amide bonds. The third kappa shape index (κ3) is 3.44. The van der Waals surface area contributed by atoms with E-state index in [4.69, 9.17) is 11.5 Å². The van der Waals surface area contributed by atoms with Crippen molar-refractivity contribution in [3.63, 3.8) is 0 Å². The molecule has 0 atom stereocenters. The van der Waals surface area contributed by atoms with Gasteiger partial charge in [0.1, 0.15) is 5.82 Å². The normalized spacial score (nSPS) is 10.6. The first-order valence-electron chi connectivity index (χ1n) is 6.65. The Kier molecular flexibility index (Phi) is 4.34. The van der Waals surface area contributed by atoms with Gasteiger partial charge in [0.05, 0.1) is 5.69 Å². The zero-order chi connectivity index (χ0) is 13.7. The van der Waals surface area contributed by atoms with Gasteiger partial charge in [-0.2, -0.15) is 4.98 Å². The molecule has 4 N–H and O–H groups in total. The summed E-state index contributed by atoms with van der Waals surface area (Å²) in [6.07, 6.45) is 3.86. The molecule has 0 bridgehead atoms. The van der Waals surface area contributed by atoms with Gasteiger partial charge in [-0.3, -0.25) is 0 Å². The van der Waals surface area contributed by atoms with Crippen LogP contribution < -0.4 is 11.5 Å². The molecule has 19 heavy (non-hydrogen) atoms. The van der Waals surface area contributed by atoms with Crippen molar-refractivity contribution in [2.24, 2.45) is 0 Å². The fraction of sp³-hybridized carbons (Fsp3) is 0.333. The summed E-state index contributed by atoms with van der Waals surface area (Å²) < 4.78 is 0. The van der Waals surface area contributed by atoms with Gasteiger partial charge in [-0.1, -0.05) is 43.7 Å². The number of nitrogens with zero attached hydrogens (tertiary/aromatic N) is 2. The lowest BCUT2D eigenvalue weighted by Crippen LogP contribution is -2.10. The summed E-state index contributed by atoms with van der Waals surface area (Å²) in [5.74, 6) is 0.774. The maximum Gasteiger partial charge on any atom is 0.222 e. The van der Waals surface area contributed by atoms with Crippen LogP contribution in [0.5, 0.6) is 0 Å². The van der Waals surface area contributed by atoms with Gasteiger partial charge in [0, 0.05) is 12.0 Å². The largest absolute Gasteiger partial charge is 0.383 e. The molecule has 2 rings (SSSR count). The molecule has 4 heteroatoms. The number of aromatic nitrogens is 2. The lowest BCUT2D eigenvalue weighted by atomic mass is 10.0. The van der Waals surface area contributed by atoms with Gasteiger partial charge >= 0.3 is 0 Å². The summed E-state index contributed by atoms with van der Waals surface area (Å²) >= 11 is 0. The molecule has 0 saturated heterocycles. The van der Waals surface area contributed by atoms with Crippen molar-refractivity contribution in [3.8, 4) is 0 Å². The van der Waals surface area contributed by atoms with Crippen LogP contribution in [0.2, 0.25) is 0 Å². The predicted octanol–water partition coefficient (Wildman–Crippen LogP) is 2.57. The number of benzene rings is 1. The second-order valence-electron chi connectivity index (χ2n) is 4.66. The standard InChI is InChI=1S/C15H20N4/c1-2-3-9-12-13(18-15(17)19-14(12)16)10-11-7-5-4-6-8-11/h4-8H,2-3,9-10H2,1H3,(H4,16,17,18,19). The van der Waals surface area contributed by atoms with Crippen molar-refractivity contribution in [1.82, 2.24) is 9.97 Å². The van der Waals surface area contributed by atoms with Gasteiger partial charge in [-0.05, 0) is 18.4 Å². The number of anilines is 2. The molecule has 0 radical (unpaired) electrons. The fourth-order valence-corrected chi connectivity index (χ4v) is 2.13. The maximum atomic E-state index is 5.99. The molecule has 1 aromatic heterocycles. The number of rotatable bonds is 5. The minimum Gasteiger partial charge on any atom is -0.383 e. The third-order valence-electron chi connectivity index (χ3n) is 3.14. The van der Waals surface area contributed by atoms with Gasteiger partial charge < -0.3 is 11.5 Å². The SMILES string of the molecule is CCCCc1c(N)nc(N)nc1Cc1ccccc1. The van der Waals surface area contributed by atoms with E-state index < -0.39 is 0 Å². The van der Waals surface area contributed by atoms with Gasteiger partial charge in [-0.15, -0.1) is 0 Å². The second kappa shape index (κ2) is 6.18. The van der Waals surface area contributed by atoms with Crippen molar-refractivity contribution < 1.29 is 0 Å². The summed E-state index contributed by atoms with van der Waals surface area (Å²) in [5.41, 5.74) is 14.9. The highest BCUT2D eigenvalue weighted by atomic mass is 15.0. The van der Waals surface area contributed by atoms with Crippen LogP contribution in [0, 0.1) is 0 Å². The van der Waals surface area contributed by atoms with Crippen LogP contribution >= 0.6 is 0 Å². The zero-order valence-corrected chi connectivity index (χ0v) is 11.3. The first-order chi connectivity index (χ1) is 9.20. The quantitative estimate of drug-likeness (QED) is 0.861. The molecule has 2 aromatic rings. The third-order valence-corrected chi connectivity index (χ3v) is 3.14. The van der Waals surface area contributed by atoms with Crippen LogP contribution in [0.25, 0.3) is 0 Å². The van der Waals surface area contributed by atoms with Crippen LogP contribution in [0.4, 0.5) is 11.8 Å². The lowest BCUT2D eigenvalue weighted by Gasteiger charge is -2.11. The molecular weight excluding hydrogens is 236 g/mol. The molecule has 0 spiro atoms. The first-order valence-corrected chi connectivity index (χ1v) is 6.65. The molecular formula is C15H20N4. The zero-order valence-electron chi connectivity index (χ0n) is 11.3. The van der Waals surface area contributed by atoms with Crippen LogP contribution in [0.1, 0.15) is 36.6 Å². The Hall–Kier alpha value is -2.10. The van der Waals surface area contributed by atoms with E-state index >= 15 is 0 Å². The van der Waals surface area contributed by atoms with E-state index in [0.717, 1.165) is 36.9 Å². The van der Waals surface area contributed by atoms with Crippen molar-refractivity contribution in [3.05, 3.63) is 47.2 Å². The van der Waals surface area contributed by atoms with Crippen LogP contribution in [-0.2, 0) is 12.8 Å². The number of hydrogen-bond acceptors (Lipinski definition) is 4. The van der Waals surface area contributed by atoms with Crippen molar-refractivity contribution in [2.45, 2.75) is 32.6 Å². The Balaban J connectivity index is 2.31.